The topological polar surface area (TPSA) is 96.9 Å². The molecule has 1 aromatic heterocycles. The molecule has 0 spiro atoms. The lowest BCUT2D eigenvalue weighted by atomic mass is 10.1. The van der Waals surface area contributed by atoms with Crippen molar-refractivity contribution >= 4 is 23.7 Å². The van der Waals surface area contributed by atoms with Crippen LogP contribution in [0.4, 0.5) is 11.9 Å². The number of benzene rings is 3. The van der Waals surface area contributed by atoms with Crippen LogP contribution in [0, 0.1) is 13.8 Å². The Balaban J connectivity index is 1.65. The Bertz CT molecular complexity index is 1270. The van der Waals surface area contributed by atoms with E-state index in [9.17, 15) is 9.59 Å². The van der Waals surface area contributed by atoms with Gasteiger partial charge in [0.25, 0.3) is 11.8 Å². The molecule has 0 saturated carbocycles. The van der Waals surface area contributed by atoms with Crippen LogP contribution >= 0.6 is 0 Å². The van der Waals surface area contributed by atoms with Crippen molar-refractivity contribution in [2.24, 2.45) is 0 Å². The monoisotopic (exact) mass is 423 g/mol. The zero-order valence-corrected chi connectivity index (χ0v) is 17.7. The number of aromatic nitrogens is 3. The molecule has 4 rings (SSSR count). The summed E-state index contributed by atoms with van der Waals surface area (Å²) in [6.07, 6.45) is 0. The third kappa shape index (κ3) is 5.02. The van der Waals surface area contributed by atoms with Gasteiger partial charge in [-0.1, -0.05) is 65.7 Å². The summed E-state index contributed by atoms with van der Waals surface area (Å²) in [4.78, 5) is 38.4. The van der Waals surface area contributed by atoms with Gasteiger partial charge >= 0.3 is 0 Å². The molecule has 2 amide bonds. The smallest absolute Gasteiger partial charge is 0.258 e. The molecule has 0 aliphatic rings. The van der Waals surface area contributed by atoms with E-state index in [1.165, 1.54) is 0 Å². The molecule has 0 unspecified atom stereocenters. The number of aryl methyl sites for hydroxylation is 2. The van der Waals surface area contributed by atoms with Crippen molar-refractivity contribution in [2.75, 3.05) is 10.6 Å². The molecule has 0 fully saturated rings. The highest BCUT2D eigenvalue weighted by Gasteiger charge is 2.15. The molecule has 0 radical (unpaired) electrons. The van der Waals surface area contributed by atoms with Crippen LogP contribution in [0.5, 0.6) is 0 Å². The molecular formula is C25H21N5O2. The quantitative estimate of drug-likeness (QED) is 0.487. The summed E-state index contributed by atoms with van der Waals surface area (Å²) >= 11 is 0. The molecule has 2 N–H and O–H groups in total. The minimum atomic E-state index is -0.355. The maximum absolute atomic E-state index is 12.7. The van der Waals surface area contributed by atoms with Crippen molar-refractivity contribution in [3.05, 3.63) is 101 Å². The number of carbonyl (C=O) groups is 2. The summed E-state index contributed by atoms with van der Waals surface area (Å²) in [7, 11) is 0. The van der Waals surface area contributed by atoms with E-state index >= 15 is 0 Å². The first-order valence-corrected chi connectivity index (χ1v) is 10.1. The van der Waals surface area contributed by atoms with Gasteiger partial charge in [0, 0.05) is 16.7 Å². The second-order valence-electron chi connectivity index (χ2n) is 7.32. The highest BCUT2D eigenvalue weighted by molar-refractivity contribution is 6.04. The van der Waals surface area contributed by atoms with Gasteiger partial charge in [-0.25, -0.2) is 0 Å². The first kappa shape index (κ1) is 20.9. The number of hydrogen-bond acceptors (Lipinski definition) is 5. The van der Waals surface area contributed by atoms with E-state index in [-0.39, 0.29) is 23.7 Å². The van der Waals surface area contributed by atoms with Crippen LogP contribution in [0.25, 0.3) is 11.4 Å². The molecule has 158 valence electrons. The highest BCUT2D eigenvalue weighted by Crippen LogP contribution is 2.19. The molecule has 0 atom stereocenters. The Kier molecular flexibility index (Phi) is 5.98. The average Bonchev–Trinajstić information content (AvgIpc) is 2.80. The molecule has 3 aromatic carbocycles. The zero-order chi connectivity index (χ0) is 22.5. The first-order valence-electron chi connectivity index (χ1n) is 10.1. The molecule has 7 nitrogen and oxygen atoms in total. The predicted molar refractivity (Wildman–Crippen MR) is 124 cm³/mol. The Hall–Kier alpha value is -4.39. The normalized spacial score (nSPS) is 10.4. The fourth-order valence-corrected chi connectivity index (χ4v) is 3.04. The molecule has 0 aliphatic carbocycles. The summed E-state index contributed by atoms with van der Waals surface area (Å²) in [5.74, 6) is -0.284. The predicted octanol–water partition coefficient (Wildman–Crippen LogP) is 4.66. The molecule has 0 saturated heterocycles. The van der Waals surface area contributed by atoms with Gasteiger partial charge in [-0.2, -0.15) is 15.0 Å². The van der Waals surface area contributed by atoms with E-state index in [2.05, 4.69) is 25.6 Å². The molecular weight excluding hydrogens is 402 g/mol. The number of anilines is 2. The standard InChI is InChI=1S/C25H21N5O2/c1-16-11-13-19(14-12-16)22(31)28-24-26-21(18-8-4-3-5-9-18)27-25(30-24)29-23(32)20-10-6-7-17(2)15-20/h3-15H,1-2H3,(H2,26,27,28,29,30,31,32). The maximum atomic E-state index is 12.7. The van der Waals surface area contributed by atoms with Crippen molar-refractivity contribution in [3.8, 4) is 11.4 Å². The van der Waals surface area contributed by atoms with Crippen molar-refractivity contribution in [2.45, 2.75) is 13.8 Å². The van der Waals surface area contributed by atoms with Crippen LogP contribution in [0.2, 0.25) is 0 Å². The number of carbonyl (C=O) groups excluding carboxylic acids is 2. The van der Waals surface area contributed by atoms with Gasteiger partial charge in [-0.05, 0) is 38.1 Å². The van der Waals surface area contributed by atoms with Crippen molar-refractivity contribution in [3.63, 3.8) is 0 Å². The van der Waals surface area contributed by atoms with Crippen LogP contribution in [-0.2, 0) is 0 Å². The van der Waals surface area contributed by atoms with Crippen LogP contribution in [0.1, 0.15) is 31.8 Å². The third-order valence-corrected chi connectivity index (χ3v) is 4.71. The van der Waals surface area contributed by atoms with Crippen LogP contribution in [-0.4, -0.2) is 26.8 Å². The van der Waals surface area contributed by atoms with Gasteiger partial charge in [0.15, 0.2) is 5.82 Å². The van der Waals surface area contributed by atoms with E-state index < -0.39 is 0 Å². The maximum Gasteiger partial charge on any atom is 0.258 e. The second kappa shape index (κ2) is 9.18. The SMILES string of the molecule is Cc1ccc(C(=O)Nc2nc(NC(=O)c3cccc(C)c3)nc(-c3ccccc3)n2)cc1. The van der Waals surface area contributed by atoms with Crippen LogP contribution in [0.15, 0.2) is 78.9 Å². The van der Waals surface area contributed by atoms with E-state index in [0.29, 0.717) is 17.0 Å². The van der Waals surface area contributed by atoms with Crippen LogP contribution < -0.4 is 10.6 Å². The molecule has 32 heavy (non-hydrogen) atoms. The van der Waals surface area contributed by atoms with Crippen molar-refractivity contribution < 1.29 is 9.59 Å². The van der Waals surface area contributed by atoms with E-state index in [0.717, 1.165) is 16.7 Å². The second-order valence-corrected chi connectivity index (χ2v) is 7.32. The molecule has 0 bridgehead atoms. The fourth-order valence-electron chi connectivity index (χ4n) is 3.04. The largest absolute Gasteiger partial charge is 0.290 e. The molecule has 4 aromatic rings. The lowest BCUT2D eigenvalue weighted by Gasteiger charge is -2.10. The Labute approximate surface area is 185 Å². The summed E-state index contributed by atoms with van der Waals surface area (Å²) in [6.45, 7) is 3.86. The van der Waals surface area contributed by atoms with Crippen molar-refractivity contribution in [1.82, 2.24) is 15.0 Å². The number of nitrogens with one attached hydrogen (secondary N) is 2. The fraction of sp³-hybridized carbons (Fsp3) is 0.0800. The third-order valence-electron chi connectivity index (χ3n) is 4.71. The van der Waals surface area contributed by atoms with E-state index in [1.54, 1.807) is 30.3 Å². The van der Waals surface area contributed by atoms with E-state index in [1.807, 2.05) is 62.4 Å². The number of rotatable bonds is 5. The van der Waals surface area contributed by atoms with Gasteiger partial charge in [-0.15, -0.1) is 0 Å². The minimum Gasteiger partial charge on any atom is -0.290 e. The number of amides is 2. The highest BCUT2D eigenvalue weighted by atomic mass is 16.2. The van der Waals surface area contributed by atoms with Gasteiger partial charge < -0.3 is 0 Å². The lowest BCUT2D eigenvalue weighted by Crippen LogP contribution is -2.18. The summed E-state index contributed by atoms with van der Waals surface area (Å²) < 4.78 is 0. The van der Waals surface area contributed by atoms with Crippen LogP contribution in [0.3, 0.4) is 0 Å². The van der Waals surface area contributed by atoms with Gasteiger partial charge in [0.1, 0.15) is 0 Å². The van der Waals surface area contributed by atoms with E-state index in [4.69, 9.17) is 0 Å². The lowest BCUT2D eigenvalue weighted by molar-refractivity contribution is 0.101. The Morgan fingerprint density at radius 1 is 0.625 bits per heavy atom. The summed E-state index contributed by atoms with van der Waals surface area (Å²) in [5.41, 5.74) is 3.70. The summed E-state index contributed by atoms with van der Waals surface area (Å²) in [6, 6.07) is 23.6. The number of hydrogen-bond donors (Lipinski definition) is 2. The van der Waals surface area contributed by atoms with Gasteiger partial charge in [0.05, 0.1) is 0 Å². The molecule has 1 heterocycles. The first-order chi connectivity index (χ1) is 15.5. The molecule has 7 heteroatoms. The summed E-state index contributed by atoms with van der Waals surface area (Å²) in [5, 5.41) is 5.40. The zero-order valence-electron chi connectivity index (χ0n) is 17.7. The number of nitrogens with zero attached hydrogens (tertiary/aromatic N) is 3. The Morgan fingerprint density at radius 3 is 1.88 bits per heavy atom. The van der Waals surface area contributed by atoms with Gasteiger partial charge in [-0.3, -0.25) is 20.2 Å². The average molecular weight is 423 g/mol. The van der Waals surface area contributed by atoms with Gasteiger partial charge in [0.2, 0.25) is 11.9 Å². The Morgan fingerprint density at radius 2 is 1.25 bits per heavy atom. The van der Waals surface area contributed by atoms with Crippen molar-refractivity contribution in [1.29, 1.82) is 0 Å². The molecule has 0 aliphatic heterocycles. The minimum absolute atomic E-state index is 0.0453.